The minimum Gasteiger partial charge on any atom is -0.389 e. The van der Waals surface area contributed by atoms with Crippen molar-refractivity contribution in [1.82, 2.24) is 14.7 Å². The zero-order valence-corrected chi connectivity index (χ0v) is 14.5. The Hall–Kier alpha value is -2.62. The number of hydrogen-bond donors (Lipinski definition) is 2. The van der Waals surface area contributed by atoms with E-state index in [1.165, 1.54) is 0 Å². The molecular weight excluding hydrogens is 316 g/mol. The Morgan fingerprint density at radius 2 is 2.24 bits per heavy atom. The van der Waals surface area contributed by atoms with Crippen LogP contribution in [0.4, 0.5) is 0 Å². The number of nitrogens with two attached hydrogens (primary N) is 1. The first-order chi connectivity index (χ1) is 11.8. The molecule has 1 aliphatic heterocycles. The van der Waals surface area contributed by atoms with Crippen molar-refractivity contribution >= 4 is 5.91 Å². The van der Waals surface area contributed by atoms with Crippen molar-refractivity contribution in [1.29, 1.82) is 0 Å². The van der Waals surface area contributed by atoms with Crippen LogP contribution >= 0.6 is 0 Å². The van der Waals surface area contributed by atoms with Gasteiger partial charge in [0.25, 0.3) is 5.91 Å². The summed E-state index contributed by atoms with van der Waals surface area (Å²) < 4.78 is 1.76. The maximum absolute atomic E-state index is 11.9. The van der Waals surface area contributed by atoms with Crippen LogP contribution < -0.4 is 5.73 Å². The van der Waals surface area contributed by atoms with Gasteiger partial charge in [0.05, 0.1) is 17.0 Å². The molecule has 1 amide bonds. The zero-order chi connectivity index (χ0) is 18.2. The number of fused-ring (bicyclic) bond motifs is 1. The normalized spacial score (nSPS) is 14.8. The summed E-state index contributed by atoms with van der Waals surface area (Å²) in [4.78, 5) is 14.0. The average Bonchev–Trinajstić information content (AvgIpc) is 2.92. The van der Waals surface area contributed by atoms with E-state index >= 15 is 0 Å². The van der Waals surface area contributed by atoms with Gasteiger partial charge in [-0.15, -0.1) is 6.42 Å². The Balaban J connectivity index is 2.03. The number of carbonyl (C=O) groups is 1. The molecule has 6 heteroatoms. The minimum atomic E-state index is -0.804. The lowest BCUT2D eigenvalue weighted by Gasteiger charge is -2.32. The number of primary amides is 1. The van der Waals surface area contributed by atoms with Gasteiger partial charge in [-0.3, -0.25) is 9.69 Å². The molecule has 1 aliphatic rings. The number of amides is 1. The fourth-order valence-corrected chi connectivity index (χ4v) is 3.30. The summed E-state index contributed by atoms with van der Waals surface area (Å²) in [6.07, 6.45) is 6.20. The maximum Gasteiger partial charge on any atom is 0.269 e. The molecular formula is C19H22N4O2. The Bertz CT molecular complexity index is 855. The van der Waals surface area contributed by atoms with Gasteiger partial charge in [0.15, 0.2) is 5.69 Å². The largest absolute Gasteiger partial charge is 0.389 e. The van der Waals surface area contributed by atoms with Crippen LogP contribution in [0, 0.1) is 12.3 Å². The molecule has 25 heavy (non-hydrogen) atoms. The van der Waals surface area contributed by atoms with E-state index in [4.69, 9.17) is 12.2 Å². The van der Waals surface area contributed by atoms with Crippen molar-refractivity contribution in [2.75, 3.05) is 13.1 Å². The summed E-state index contributed by atoms with van der Waals surface area (Å²) in [5, 5.41) is 14.5. The molecule has 0 saturated heterocycles. The molecule has 3 N–H and O–H groups in total. The number of benzene rings is 1. The summed E-state index contributed by atoms with van der Waals surface area (Å²) in [7, 11) is 0. The first-order valence-corrected chi connectivity index (χ1v) is 8.21. The fraction of sp³-hybridized carbons (Fsp3) is 0.368. The average molecular weight is 338 g/mol. The zero-order valence-electron chi connectivity index (χ0n) is 14.5. The smallest absolute Gasteiger partial charge is 0.269 e. The molecule has 1 aromatic carbocycles. The molecule has 1 aromatic heterocycles. The number of β-amino-alcohol motifs (C(OH)–C–C–N with tert-alkyl or cyclic N) is 1. The minimum absolute atomic E-state index is 0.279. The van der Waals surface area contributed by atoms with Crippen LogP contribution in [0.1, 0.15) is 41.2 Å². The molecule has 2 heterocycles. The third-order valence-electron chi connectivity index (χ3n) is 4.24. The van der Waals surface area contributed by atoms with Gasteiger partial charge in [-0.05, 0) is 32.0 Å². The van der Waals surface area contributed by atoms with Crippen LogP contribution in [0.25, 0.3) is 5.69 Å². The quantitative estimate of drug-likeness (QED) is 0.817. The first kappa shape index (κ1) is 17.2. The molecule has 0 radical (unpaired) electrons. The second-order valence-corrected chi connectivity index (χ2v) is 7.02. The van der Waals surface area contributed by atoms with E-state index in [-0.39, 0.29) is 5.69 Å². The third-order valence-corrected chi connectivity index (χ3v) is 4.24. The lowest BCUT2D eigenvalue weighted by atomic mass is 10.0. The van der Waals surface area contributed by atoms with E-state index in [0.717, 1.165) is 29.1 Å². The molecule has 2 aromatic rings. The third kappa shape index (κ3) is 3.58. The molecule has 0 aliphatic carbocycles. The van der Waals surface area contributed by atoms with Crippen LogP contribution in [-0.2, 0) is 13.0 Å². The standard InChI is InChI=1S/C19H22N4O2/c1-4-13-6-5-7-14(10-13)23-16-8-9-22(12-19(2,3)25)11-15(16)17(21-23)18(20)24/h1,5-7,10,25H,8-9,11-12H2,2-3H3,(H2,20,24). The molecule has 0 bridgehead atoms. The number of terminal acetylenes is 1. The first-order valence-electron chi connectivity index (χ1n) is 8.21. The van der Waals surface area contributed by atoms with E-state index < -0.39 is 11.5 Å². The number of hydrogen-bond acceptors (Lipinski definition) is 4. The molecule has 0 saturated carbocycles. The molecule has 0 spiro atoms. The van der Waals surface area contributed by atoms with Crippen molar-refractivity contribution < 1.29 is 9.90 Å². The SMILES string of the molecule is C#Cc1cccc(-n2nc(C(N)=O)c3c2CCN(CC(C)(C)O)C3)c1. The molecule has 0 unspecified atom stereocenters. The molecule has 0 fully saturated rings. The van der Waals surface area contributed by atoms with Crippen LogP contribution in [0.2, 0.25) is 0 Å². The lowest BCUT2D eigenvalue weighted by Crippen LogP contribution is -2.41. The van der Waals surface area contributed by atoms with Crippen molar-refractivity contribution in [2.24, 2.45) is 5.73 Å². The van der Waals surface area contributed by atoms with E-state index in [2.05, 4.69) is 15.9 Å². The Kier molecular flexibility index (Phi) is 4.38. The summed E-state index contributed by atoms with van der Waals surface area (Å²) in [6, 6.07) is 7.48. The van der Waals surface area contributed by atoms with Crippen LogP contribution in [0.15, 0.2) is 24.3 Å². The summed E-state index contributed by atoms with van der Waals surface area (Å²) in [5.74, 6) is 2.06. The second-order valence-electron chi connectivity index (χ2n) is 7.02. The second kappa shape index (κ2) is 6.36. The van der Waals surface area contributed by atoms with E-state index in [1.54, 1.807) is 18.5 Å². The number of rotatable bonds is 4. The topological polar surface area (TPSA) is 84.4 Å². The highest BCUT2D eigenvalue weighted by Crippen LogP contribution is 2.26. The highest BCUT2D eigenvalue weighted by Gasteiger charge is 2.29. The molecule has 3 rings (SSSR count). The number of aromatic nitrogens is 2. The fourth-order valence-electron chi connectivity index (χ4n) is 3.30. The van der Waals surface area contributed by atoms with Crippen LogP contribution in [0.3, 0.4) is 0 Å². The Labute approximate surface area is 147 Å². The van der Waals surface area contributed by atoms with E-state index in [1.807, 2.05) is 24.3 Å². The van der Waals surface area contributed by atoms with Gasteiger partial charge in [-0.2, -0.15) is 5.10 Å². The summed E-state index contributed by atoms with van der Waals surface area (Å²) >= 11 is 0. The van der Waals surface area contributed by atoms with Crippen LogP contribution in [0.5, 0.6) is 0 Å². The van der Waals surface area contributed by atoms with Crippen molar-refractivity contribution in [3.05, 3.63) is 46.8 Å². The lowest BCUT2D eigenvalue weighted by molar-refractivity contribution is 0.0315. The molecule has 6 nitrogen and oxygen atoms in total. The number of aliphatic hydroxyl groups is 1. The van der Waals surface area contributed by atoms with Gasteiger partial charge in [0, 0.05) is 37.2 Å². The summed E-state index contributed by atoms with van der Waals surface area (Å²) in [5.41, 5.74) is 8.38. The van der Waals surface area contributed by atoms with E-state index in [9.17, 15) is 9.90 Å². The predicted molar refractivity (Wildman–Crippen MR) is 95.3 cm³/mol. The van der Waals surface area contributed by atoms with Crippen LogP contribution in [-0.4, -0.2) is 44.4 Å². The Morgan fingerprint density at radius 1 is 1.48 bits per heavy atom. The predicted octanol–water partition coefficient (Wildman–Crippen LogP) is 1.08. The highest BCUT2D eigenvalue weighted by atomic mass is 16.3. The molecule has 0 atom stereocenters. The van der Waals surface area contributed by atoms with Gasteiger partial charge in [0.2, 0.25) is 0 Å². The Morgan fingerprint density at radius 3 is 2.88 bits per heavy atom. The van der Waals surface area contributed by atoms with Gasteiger partial charge >= 0.3 is 0 Å². The van der Waals surface area contributed by atoms with E-state index in [0.29, 0.717) is 19.5 Å². The molecule has 130 valence electrons. The van der Waals surface area contributed by atoms with Crippen molar-refractivity contribution in [2.45, 2.75) is 32.4 Å². The van der Waals surface area contributed by atoms with Crippen molar-refractivity contribution in [3.8, 4) is 18.0 Å². The summed E-state index contributed by atoms with van der Waals surface area (Å²) in [6.45, 7) is 5.36. The number of carbonyl (C=O) groups excluding carboxylic acids is 1. The van der Waals surface area contributed by atoms with Gasteiger partial charge < -0.3 is 10.8 Å². The van der Waals surface area contributed by atoms with Gasteiger partial charge in [-0.1, -0.05) is 12.0 Å². The monoisotopic (exact) mass is 338 g/mol. The maximum atomic E-state index is 11.9. The van der Waals surface area contributed by atoms with Crippen molar-refractivity contribution in [3.63, 3.8) is 0 Å². The highest BCUT2D eigenvalue weighted by molar-refractivity contribution is 5.92. The van der Waals surface area contributed by atoms with Gasteiger partial charge in [0.1, 0.15) is 0 Å². The van der Waals surface area contributed by atoms with Gasteiger partial charge in [-0.25, -0.2) is 4.68 Å². The number of nitrogens with zero attached hydrogens (tertiary/aromatic N) is 3.